The van der Waals surface area contributed by atoms with Crippen LogP contribution in [-0.2, 0) is 14.8 Å². The molecule has 0 aromatic carbocycles. The van der Waals surface area contributed by atoms with Crippen molar-refractivity contribution in [1.29, 1.82) is 0 Å². The Bertz CT molecular complexity index is 503. The zero-order chi connectivity index (χ0) is 13.2. The van der Waals surface area contributed by atoms with Crippen LogP contribution in [0.4, 0.5) is 0 Å². The number of piperidine rings is 1. The molecule has 0 aliphatic carbocycles. The summed E-state index contributed by atoms with van der Waals surface area (Å²) in [5.74, 6) is -0.135. The van der Waals surface area contributed by atoms with Gasteiger partial charge in [-0.3, -0.25) is 9.89 Å². The fraction of sp³-hybridized carbons (Fsp3) is 0.600. The maximum Gasteiger partial charge on any atom is 0.246 e. The number of aromatic nitrogens is 2. The molecule has 2 rings (SSSR count). The van der Waals surface area contributed by atoms with Gasteiger partial charge in [0.15, 0.2) is 0 Å². The lowest BCUT2D eigenvalue weighted by Gasteiger charge is -2.30. The lowest BCUT2D eigenvalue weighted by molar-refractivity contribution is -0.119. The number of amides is 1. The molecule has 3 N–H and O–H groups in total. The fourth-order valence-corrected chi connectivity index (χ4v) is 3.54. The van der Waals surface area contributed by atoms with Crippen LogP contribution in [0.1, 0.15) is 19.3 Å². The van der Waals surface area contributed by atoms with Gasteiger partial charge in [0.1, 0.15) is 4.90 Å². The van der Waals surface area contributed by atoms with Gasteiger partial charge in [0.25, 0.3) is 0 Å². The Morgan fingerprint density at radius 3 is 2.67 bits per heavy atom. The van der Waals surface area contributed by atoms with E-state index in [1.165, 1.54) is 16.7 Å². The lowest BCUT2D eigenvalue weighted by atomic mass is 9.94. The SMILES string of the molecule is NC(=O)CC1CCN(S(=O)(=O)c2cn[nH]c2)CC1. The third-order valence-corrected chi connectivity index (χ3v) is 5.04. The van der Waals surface area contributed by atoms with E-state index in [4.69, 9.17) is 5.73 Å². The highest BCUT2D eigenvalue weighted by Gasteiger charge is 2.30. The van der Waals surface area contributed by atoms with Crippen molar-refractivity contribution in [1.82, 2.24) is 14.5 Å². The largest absolute Gasteiger partial charge is 0.370 e. The predicted octanol–water partition coefficient (Wildman–Crippen LogP) is -0.314. The zero-order valence-corrected chi connectivity index (χ0v) is 10.7. The van der Waals surface area contributed by atoms with Gasteiger partial charge in [-0.05, 0) is 18.8 Å². The average Bonchev–Trinajstić information content (AvgIpc) is 2.83. The number of carbonyl (C=O) groups is 1. The third-order valence-electron chi connectivity index (χ3n) is 3.17. The average molecular weight is 272 g/mol. The number of nitrogens with two attached hydrogens (primary N) is 1. The third kappa shape index (κ3) is 2.70. The summed E-state index contributed by atoms with van der Waals surface area (Å²) in [5, 5.41) is 6.14. The van der Waals surface area contributed by atoms with Gasteiger partial charge >= 0.3 is 0 Å². The van der Waals surface area contributed by atoms with Gasteiger partial charge in [0, 0.05) is 25.7 Å². The van der Waals surface area contributed by atoms with Crippen LogP contribution in [0.3, 0.4) is 0 Å². The maximum atomic E-state index is 12.2. The van der Waals surface area contributed by atoms with Crippen LogP contribution in [0.15, 0.2) is 17.3 Å². The number of nitrogens with zero attached hydrogens (tertiary/aromatic N) is 2. The van der Waals surface area contributed by atoms with E-state index in [0.717, 1.165) is 0 Å². The van der Waals surface area contributed by atoms with Crippen LogP contribution in [0, 0.1) is 5.92 Å². The summed E-state index contributed by atoms with van der Waals surface area (Å²) in [6.45, 7) is 0.844. The molecule has 1 aliphatic heterocycles. The molecule has 8 heteroatoms. The normalized spacial score (nSPS) is 18.9. The van der Waals surface area contributed by atoms with Crippen molar-refractivity contribution in [3.8, 4) is 0 Å². The fourth-order valence-electron chi connectivity index (χ4n) is 2.17. The number of hydrogen-bond acceptors (Lipinski definition) is 4. The highest BCUT2D eigenvalue weighted by atomic mass is 32.2. The van der Waals surface area contributed by atoms with Gasteiger partial charge in [-0.2, -0.15) is 9.40 Å². The van der Waals surface area contributed by atoms with Crippen LogP contribution < -0.4 is 5.73 Å². The monoisotopic (exact) mass is 272 g/mol. The first kappa shape index (κ1) is 13.0. The predicted molar refractivity (Wildman–Crippen MR) is 63.9 cm³/mol. The van der Waals surface area contributed by atoms with Gasteiger partial charge in [0.2, 0.25) is 15.9 Å². The Balaban J connectivity index is 2.00. The molecule has 1 aromatic heterocycles. The molecule has 0 spiro atoms. The molecule has 1 amide bonds. The van der Waals surface area contributed by atoms with Crippen LogP contribution in [0.2, 0.25) is 0 Å². The first-order chi connectivity index (χ1) is 8.50. The summed E-state index contributed by atoms with van der Waals surface area (Å²) in [6, 6.07) is 0. The van der Waals surface area contributed by atoms with Crippen molar-refractivity contribution in [3.05, 3.63) is 12.4 Å². The molecular formula is C10H16N4O3S. The number of nitrogens with one attached hydrogen (secondary N) is 1. The second-order valence-corrected chi connectivity index (χ2v) is 6.39. The highest BCUT2D eigenvalue weighted by Crippen LogP contribution is 2.24. The van der Waals surface area contributed by atoms with Crippen molar-refractivity contribution in [2.24, 2.45) is 11.7 Å². The molecule has 1 saturated heterocycles. The molecule has 0 atom stereocenters. The molecular weight excluding hydrogens is 256 g/mol. The molecule has 18 heavy (non-hydrogen) atoms. The Morgan fingerprint density at radius 1 is 1.50 bits per heavy atom. The lowest BCUT2D eigenvalue weighted by Crippen LogP contribution is -2.39. The Morgan fingerprint density at radius 2 is 2.17 bits per heavy atom. The van der Waals surface area contributed by atoms with Gasteiger partial charge in [0.05, 0.1) is 6.20 Å². The summed E-state index contributed by atoms with van der Waals surface area (Å²) < 4.78 is 25.7. The maximum absolute atomic E-state index is 12.2. The van der Waals surface area contributed by atoms with Gasteiger partial charge in [-0.1, -0.05) is 0 Å². The van der Waals surface area contributed by atoms with E-state index < -0.39 is 10.0 Å². The molecule has 100 valence electrons. The van der Waals surface area contributed by atoms with Gasteiger partial charge in [-0.15, -0.1) is 0 Å². The first-order valence-corrected chi connectivity index (χ1v) is 7.21. The Hall–Kier alpha value is -1.41. The zero-order valence-electron chi connectivity index (χ0n) is 9.87. The highest BCUT2D eigenvalue weighted by molar-refractivity contribution is 7.89. The second kappa shape index (κ2) is 5.07. The number of primary amides is 1. The number of sulfonamides is 1. The molecule has 0 saturated carbocycles. The Kier molecular flexibility index (Phi) is 3.67. The summed E-state index contributed by atoms with van der Waals surface area (Å²) in [5.41, 5.74) is 5.14. The molecule has 1 aromatic rings. The van der Waals surface area contributed by atoms with E-state index in [1.54, 1.807) is 0 Å². The molecule has 0 radical (unpaired) electrons. The minimum absolute atomic E-state index is 0.177. The van der Waals surface area contributed by atoms with Crippen LogP contribution in [0.5, 0.6) is 0 Å². The molecule has 1 fully saturated rings. The van der Waals surface area contributed by atoms with E-state index in [1.807, 2.05) is 0 Å². The number of aromatic amines is 1. The summed E-state index contributed by atoms with van der Waals surface area (Å²) in [7, 11) is -3.45. The second-order valence-electron chi connectivity index (χ2n) is 4.45. The minimum Gasteiger partial charge on any atom is -0.370 e. The van der Waals surface area contributed by atoms with E-state index >= 15 is 0 Å². The van der Waals surface area contributed by atoms with Crippen LogP contribution in [-0.4, -0.2) is 41.9 Å². The number of hydrogen-bond donors (Lipinski definition) is 2. The van der Waals surface area contributed by atoms with E-state index in [9.17, 15) is 13.2 Å². The van der Waals surface area contributed by atoms with Gasteiger partial charge < -0.3 is 5.73 Å². The minimum atomic E-state index is -3.45. The smallest absolute Gasteiger partial charge is 0.246 e. The molecule has 2 heterocycles. The van der Waals surface area contributed by atoms with Crippen molar-refractivity contribution >= 4 is 15.9 Å². The van der Waals surface area contributed by atoms with Crippen molar-refractivity contribution in [2.75, 3.05) is 13.1 Å². The first-order valence-electron chi connectivity index (χ1n) is 5.77. The number of H-pyrrole nitrogens is 1. The van der Waals surface area contributed by atoms with E-state index in [2.05, 4.69) is 10.2 Å². The van der Waals surface area contributed by atoms with Gasteiger partial charge in [-0.25, -0.2) is 8.42 Å². The molecule has 0 unspecified atom stereocenters. The van der Waals surface area contributed by atoms with E-state index in [0.29, 0.717) is 32.4 Å². The summed E-state index contributed by atoms with van der Waals surface area (Å²) in [4.78, 5) is 11.0. The van der Waals surface area contributed by atoms with Crippen molar-refractivity contribution in [2.45, 2.75) is 24.2 Å². The number of rotatable bonds is 4. The summed E-state index contributed by atoms with van der Waals surface area (Å²) in [6.07, 6.45) is 4.33. The number of carbonyl (C=O) groups excluding carboxylic acids is 1. The molecule has 0 bridgehead atoms. The van der Waals surface area contributed by atoms with E-state index in [-0.39, 0.29) is 16.7 Å². The Labute approximate surface area is 105 Å². The molecule has 7 nitrogen and oxygen atoms in total. The summed E-state index contributed by atoms with van der Waals surface area (Å²) >= 11 is 0. The topological polar surface area (TPSA) is 109 Å². The van der Waals surface area contributed by atoms with Crippen molar-refractivity contribution < 1.29 is 13.2 Å². The van der Waals surface area contributed by atoms with Crippen LogP contribution in [0.25, 0.3) is 0 Å². The van der Waals surface area contributed by atoms with Crippen molar-refractivity contribution in [3.63, 3.8) is 0 Å². The van der Waals surface area contributed by atoms with Crippen LogP contribution >= 0.6 is 0 Å². The quantitative estimate of drug-likeness (QED) is 0.783. The standard InChI is InChI=1S/C10H16N4O3S/c11-10(15)5-8-1-3-14(4-2-8)18(16,17)9-6-12-13-7-9/h6-8H,1-5H2,(H2,11,15)(H,12,13). The molecule has 1 aliphatic rings.